The Balaban J connectivity index is 2.54. The lowest BCUT2D eigenvalue weighted by Gasteiger charge is -2.16. The number of hydrogen-bond acceptors (Lipinski definition) is 2. The number of benzene rings is 1. The van der Waals surface area contributed by atoms with E-state index in [1.807, 2.05) is 6.92 Å². The molecule has 0 bridgehead atoms. The van der Waals surface area contributed by atoms with Crippen molar-refractivity contribution < 1.29 is 10.2 Å². The number of rotatable bonds is 5. The SMILES string of the molecule is CCC(O)C(O)CCc1cc(C)cc(C)c1. The summed E-state index contributed by atoms with van der Waals surface area (Å²) in [6, 6.07) is 6.41. The summed E-state index contributed by atoms with van der Waals surface area (Å²) in [6.07, 6.45) is 0.851. The maximum Gasteiger partial charge on any atom is 0.0802 e. The Bertz CT molecular complexity index is 313. The van der Waals surface area contributed by atoms with E-state index in [2.05, 4.69) is 32.0 Å². The molecule has 0 amide bonds. The second kappa shape index (κ2) is 6.02. The summed E-state index contributed by atoms with van der Waals surface area (Å²) >= 11 is 0. The molecule has 0 saturated heterocycles. The second-order valence-electron chi connectivity index (χ2n) is 4.58. The molecule has 2 nitrogen and oxygen atoms in total. The van der Waals surface area contributed by atoms with E-state index in [0.717, 1.165) is 6.42 Å². The highest BCUT2D eigenvalue weighted by Gasteiger charge is 2.13. The van der Waals surface area contributed by atoms with Crippen molar-refractivity contribution in [2.45, 2.75) is 52.2 Å². The first-order valence-electron chi connectivity index (χ1n) is 5.96. The van der Waals surface area contributed by atoms with Crippen LogP contribution >= 0.6 is 0 Å². The molecule has 0 aliphatic heterocycles. The first kappa shape index (κ1) is 13.2. The van der Waals surface area contributed by atoms with E-state index in [0.29, 0.717) is 12.8 Å². The molecule has 0 spiro atoms. The monoisotopic (exact) mass is 222 g/mol. The molecule has 0 fully saturated rings. The van der Waals surface area contributed by atoms with Gasteiger partial charge in [0, 0.05) is 0 Å². The number of hydrogen-bond donors (Lipinski definition) is 2. The van der Waals surface area contributed by atoms with Gasteiger partial charge in [-0.25, -0.2) is 0 Å². The van der Waals surface area contributed by atoms with Gasteiger partial charge in [-0.1, -0.05) is 36.2 Å². The number of aliphatic hydroxyl groups excluding tert-OH is 2. The molecular weight excluding hydrogens is 200 g/mol. The molecule has 0 saturated carbocycles. The molecule has 2 atom stereocenters. The maximum atomic E-state index is 9.67. The molecular formula is C14H22O2. The lowest BCUT2D eigenvalue weighted by molar-refractivity contribution is 0.0130. The van der Waals surface area contributed by atoms with Crippen LogP contribution in [0.1, 0.15) is 36.5 Å². The summed E-state index contributed by atoms with van der Waals surface area (Å²) in [4.78, 5) is 0. The first-order chi connectivity index (χ1) is 7.52. The Kier molecular flexibility index (Phi) is 4.97. The van der Waals surface area contributed by atoms with Crippen LogP contribution in [0, 0.1) is 13.8 Å². The van der Waals surface area contributed by atoms with Crippen LogP contribution in [0.25, 0.3) is 0 Å². The van der Waals surface area contributed by atoms with Gasteiger partial charge in [0.1, 0.15) is 0 Å². The molecule has 2 heteroatoms. The minimum atomic E-state index is -0.606. The molecule has 0 aliphatic rings. The Labute approximate surface area is 97.9 Å². The van der Waals surface area contributed by atoms with E-state index in [1.54, 1.807) is 0 Å². The van der Waals surface area contributed by atoms with Gasteiger partial charge in [0.15, 0.2) is 0 Å². The van der Waals surface area contributed by atoms with E-state index >= 15 is 0 Å². The van der Waals surface area contributed by atoms with Crippen molar-refractivity contribution >= 4 is 0 Å². The summed E-state index contributed by atoms with van der Waals surface area (Å²) in [6.45, 7) is 6.03. The Morgan fingerprint density at radius 1 is 1.00 bits per heavy atom. The van der Waals surface area contributed by atoms with Crippen molar-refractivity contribution in [1.29, 1.82) is 0 Å². The van der Waals surface area contributed by atoms with Gasteiger partial charge in [-0.3, -0.25) is 0 Å². The minimum absolute atomic E-state index is 0.592. The molecule has 2 unspecified atom stereocenters. The molecule has 90 valence electrons. The van der Waals surface area contributed by atoms with Gasteiger partial charge in [-0.05, 0) is 38.7 Å². The van der Waals surface area contributed by atoms with Gasteiger partial charge in [-0.15, -0.1) is 0 Å². The Morgan fingerprint density at radius 2 is 1.56 bits per heavy atom. The van der Waals surface area contributed by atoms with Crippen LogP contribution < -0.4 is 0 Å². The molecule has 0 radical (unpaired) electrons. The zero-order chi connectivity index (χ0) is 12.1. The van der Waals surface area contributed by atoms with Crippen LogP contribution in [0.3, 0.4) is 0 Å². The van der Waals surface area contributed by atoms with Crippen molar-refractivity contribution in [2.24, 2.45) is 0 Å². The van der Waals surface area contributed by atoms with Crippen molar-refractivity contribution in [3.05, 3.63) is 34.9 Å². The fourth-order valence-electron chi connectivity index (χ4n) is 1.99. The number of aryl methyl sites for hydroxylation is 3. The van der Waals surface area contributed by atoms with Crippen LogP contribution in [-0.4, -0.2) is 22.4 Å². The summed E-state index contributed by atoms with van der Waals surface area (Å²) < 4.78 is 0. The van der Waals surface area contributed by atoms with E-state index in [-0.39, 0.29) is 0 Å². The molecule has 1 aromatic carbocycles. The highest BCUT2D eigenvalue weighted by Crippen LogP contribution is 2.13. The van der Waals surface area contributed by atoms with Gasteiger partial charge in [0.2, 0.25) is 0 Å². The Morgan fingerprint density at radius 3 is 2.06 bits per heavy atom. The highest BCUT2D eigenvalue weighted by molar-refractivity contribution is 5.28. The standard InChI is InChI=1S/C14H22O2/c1-4-13(15)14(16)6-5-12-8-10(2)7-11(3)9-12/h7-9,13-16H,4-6H2,1-3H3. The summed E-state index contributed by atoms with van der Waals surface area (Å²) in [5.74, 6) is 0. The third-order valence-electron chi connectivity index (χ3n) is 2.87. The second-order valence-corrected chi connectivity index (χ2v) is 4.58. The van der Waals surface area contributed by atoms with Gasteiger partial charge >= 0.3 is 0 Å². The summed E-state index contributed by atoms with van der Waals surface area (Å²) in [5.41, 5.74) is 3.74. The van der Waals surface area contributed by atoms with E-state index in [4.69, 9.17) is 0 Å². The van der Waals surface area contributed by atoms with Gasteiger partial charge in [0.05, 0.1) is 12.2 Å². The molecule has 2 N–H and O–H groups in total. The van der Waals surface area contributed by atoms with Crippen LogP contribution in [0.15, 0.2) is 18.2 Å². The predicted molar refractivity (Wildman–Crippen MR) is 66.5 cm³/mol. The van der Waals surface area contributed by atoms with Crippen LogP contribution in [0.2, 0.25) is 0 Å². The molecule has 0 aromatic heterocycles. The average molecular weight is 222 g/mol. The van der Waals surface area contributed by atoms with Gasteiger partial charge in [-0.2, -0.15) is 0 Å². The average Bonchev–Trinajstić information content (AvgIpc) is 2.23. The third-order valence-corrected chi connectivity index (χ3v) is 2.87. The smallest absolute Gasteiger partial charge is 0.0802 e. The molecule has 0 aliphatic carbocycles. The summed E-state index contributed by atoms with van der Waals surface area (Å²) in [7, 11) is 0. The lowest BCUT2D eigenvalue weighted by Crippen LogP contribution is -2.25. The zero-order valence-electron chi connectivity index (χ0n) is 10.4. The fourth-order valence-corrected chi connectivity index (χ4v) is 1.99. The van der Waals surface area contributed by atoms with E-state index < -0.39 is 12.2 Å². The van der Waals surface area contributed by atoms with Crippen LogP contribution in [0.4, 0.5) is 0 Å². The van der Waals surface area contributed by atoms with Crippen molar-refractivity contribution in [1.82, 2.24) is 0 Å². The number of aliphatic hydroxyl groups is 2. The predicted octanol–water partition coefficient (Wildman–Crippen LogP) is 2.37. The first-order valence-corrected chi connectivity index (χ1v) is 5.96. The van der Waals surface area contributed by atoms with Crippen molar-refractivity contribution in [2.75, 3.05) is 0 Å². The van der Waals surface area contributed by atoms with Crippen LogP contribution in [-0.2, 0) is 6.42 Å². The van der Waals surface area contributed by atoms with Gasteiger partial charge < -0.3 is 10.2 Å². The fraction of sp³-hybridized carbons (Fsp3) is 0.571. The summed E-state index contributed by atoms with van der Waals surface area (Å²) in [5, 5.41) is 19.1. The van der Waals surface area contributed by atoms with E-state index in [1.165, 1.54) is 16.7 Å². The van der Waals surface area contributed by atoms with Crippen LogP contribution in [0.5, 0.6) is 0 Å². The third kappa shape index (κ3) is 3.95. The zero-order valence-corrected chi connectivity index (χ0v) is 10.4. The largest absolute Gasteiger partial charge is 0.390 e. The van der Waals surface area contributed by atoms with Crippen molar-refractivity contribution in [3.8, 4) is 0 Å². The lowest BCUT2D eigenvalue weighted by atomic mass is 9.99. The van der Waals surface area contributed by atoms with Gasteiger partial charge in [0.25, 0.3) is 0 Å². The molecule has 0 heterocycles. The minimum Gasteiger partial charge on any atom is -0.390 e. The Hall–Kier alpha value is -0.860. The maximum absolute atomic E-state index is 9.67. The normalized spacial score (nSPS) is 14.8. The quantitative estimate of drug-likeness (QED) is 0.803. The highest BCUT2D eigenvalue weighted by atomic mass is 16.3. The molecule has 1 aromatic rings. The molecule has 1 rings (SSSR count). The van der Waals surface area contributed by atoms with Crippen molar-refractivity contribution in [3.63, 3.8) is 0 Å². The molecule has 16 heavy (non-hydrogen) atoms. The topological polar surface area (TPSA) is 40.5 Å². The van der Waals surface area contributed by atoms with E-state index in [9.17, 15) is 10.2 Å².